The van der Waals surface area contributed by atoms with Crippen molar-refractivity contribution in [1.29, 1.82) is 0 Å². The van der Waals surface area contributed by atoms with Crippen LogP contribution in [-0.4, -0.2) is 19.7 Å². The number of aromatic nitrogens is 4. The number of benzene rings is 3. The summed E-state index contributed by atoms with van der Waals surface area (Å²) >= 11 is 0. The number of rotatable bonds is 9. The van der Waals surface area contributed by atoms with E-state index in [0.29, 0.717) is 29.2 Å². The number of hydrogen-bond donors (Lipinski definition) is 1. The maximum absolute atomic E-state index is 13.8. The molecule has 0 saturated heterocycles. The highest BCUT2D eigenvalue weighted by Crippen LogP contribution is 2.30. The smallest absolute Gasteiger partial charge is 0.296 e. The van der Waals surface area contributed by atoms with Crippen molar-refractivity contribution in [2.75, 3.05) is 0 Å². The molecule has 0 aliphatic heterocycles. The molecule has 0 bridgehead atoms. The van der Waals surface area contributed by atoms with Crippen LogP contribution in [0.5, 0.6) is 0 Å². The lowest BCUT2D eigenvalue weighted by Gasteiger charge is -2.16. The van der Waals surface area contributed by atoms with Gasteiger partial charge in [0, 0.05) is 17.5 Å². The first-order valence-corrected chi connectivity index (χ1v) is 13.0. The molecular weight excluding hydrogens is 495 g/mol. The Morgan fingerprint density at radius 2 is 1.72 bits per heavy atom. The zero-order chi connectivity index (χ0) is 27.4. The number of aryl methyl sites for hydroxylation is 2. The largest absolute Gasteiger partial charge is 0.439 e. The lowest BCUT2D eigenvalue weighted by atomic mass is 9.96. The summed E-state index contributed by atoms with van der Waals surface area (Å²) in [5.41, 5.74) is 5.66. The van der Waals surface area contributed by atoms with E-state index in [-0.39, 0.29) is 17.9 Å². The minimum atomic E-state index is -0.608. The maximum atomic E-state index is 13.8. The van der Waals surface area contributed by atoms with Crippen molar-refractivity contribution in [2.45, 2.75) is 46.1 Å². The number of nitrogens with one attached hydrogen (secondary N) is 1. The summed E-state index contributed by atoms with van der Waals surface area (Å²) in [6.07, 6.45) is 3.10. The molecule has 0 saturated carbocycles. The Bertz CT molecular complexity index is 1720. The van der Waals surface area contributed by atoms with Gasteiger partial charge >= 0.3 is 5.76 Å². The fourth-order valence-electron chi connectivity index (χ4n) is 4.78. The number of halogens is 1. The van der Waals surface area contributed by atoms with Gasteiger partial charge in [0.1, 0.15) is 11.6 Å². The van der Waals surface area contributed by atoms with Crippen molar-refractivity contribution in [2.24, 2.45) is 0 Å². The van der Waals surface area contributed by atoms with Gasteiger partial charge in [-0.25, -0.2) is 14.2 Å². The van der Waals surface area contributed by atoms with Crippen LogP contribution in [0.25, 0.3) is 22.5 Å². The van der Waals surface area contributed by atoms with Crippen molar-refractivity contribution in [3.63, 3.8) is 0 Å². The van der Waals surface area contributed by atoms with E-state index in [4.69, 9.17) is 4.98 Å². The van der Waals surface area contributed by atoms with Crippen molar-refractivity contribution < 1.29 is 8.91 Å². The predicted molar refractivity (Wildman–Crippen MR) is 148 cm³/mol. The van der Waals surface area contributed by atoms with Crippen LogP contribution in [0.15, 0.2) is 86.9 Å². The first-order chi connectivity index (χ1) is 18.9. The summed E-state index contributed by atoms with van der Waals surface area (Å²) in [5.74, 6) is 0.0492. The lowest BCUT2D eigenvalue weighted by Crippen LogP contribution is -2.30. The molecule has 0 amide bonds. The van der Waals surface area contributed by atoms with Crippen LogP contribution in [0, 0.1) is 12.7 Å². The second kappa shape index (κ2) is 11.4. The Morgan fingerprint density at radius 1 is 0.949 bits per heavy atom. The molecule has 0 fully saturated rings. The molecule has 0 unspecified atom stereocenters. The Kier molecular flexibility index (Phi) is 7.63. The van der Waals surface area contributed by atoms with Crippen LogP contribution in [0.1, 0.15) is 48.0 Å². The van der Waals surface area contributed by atoms with Crippen LogP contribution in [0.3, 0.4) is 0 Å². The lowest BCUT2D eigenvalue weighted by molar-refractivity contribution is 0.388. The third-order valence-corrected chi connectivity index (χ3v) is 6.80. The van der Waals surface area contributed by atoms with Crippen molar-refractivity contribution in [1.82, 2.24) is 19.7 Å². The van der Waals surface area contributed by atoms with Gasteiger partial charge in [-0.3, -0.25) is 18.9 Å². The minimum Gasteiger partial charge on any atom is -0.296 e. The average molecular weight is 525 g/mol. The quantitative estimate of drug-likeness (QED) is 0.268. The van der Waals surface area contributed by atoms with Gasteiger partial charge in [-0.15, -0.1) is 0 Å². The normalized spacial score (nSPS) is 11.2. The molecule has 0 spiro atoms. The first-order valence-electron chi connectivity index (χ1n) is 13.0. The Labute approximate surface area is 225 Å². The zero-order valence-corrected chi connectivity index (χ0v) is 21.9. The minimum absolute atomic E-state index is 0.0951. The third-order valence-electron chi connectivity index (χ3n) is 6.80. The highest BCUT2D eigenvalue weighted by molar-refractivity contribution is 5.80. The van der Waals surface area contributed by atoms with E-state index in [2.05, 4.69) is 21.6 Å². The molecule has 7 nitrogen and oxygen atoms in total. The van der Waals surface area contributed by atoms with Gasteiger partial charge in [0.25, 0.3) is 5.56 Å². The van der Waals surface area contributed by atoms with E-state index < -0.39 is 5.76 Å². The Morgan fingerprint density at radius 3 is 2.41 bits per heavy atom. The number of hydrogen-bond acceptors (Lipinski definition) is 5. The van der Waals surface area contributed by atoms with Crippen molar-refractivity contribution in [3.8, 4) is 22.5 Å². The van der Waals surface area contributed by atoms with Gasteiger partial charge in [-0.1, -0.05) is 79.2 Å². The van der Waals surface area contributed by atoms with Crippen LogP contribution < -0.4 is 11.3 Å². The summed E-state index contributed by atoms with van der Waals surface area (Å²) in [5, 5.41) is 3.83. The van der Waals surface area contributed by atoms with Crippen LogP contribution >= 0.6 is 0 Å². The maximum Gasteiger partial charge on any atom is 0.439 e. The Balaban J connectivity index is 1.48. The molecule has 2 aromatic heterocycles. The van der Waals surface area contributed by atoms with Crippen molar-refractivity contribution >= 4 is 0 Å². The fourth-order valence-corrected chi connectivity index (χ4v) is 4.78. The third kappa shape index (κ3) is 5.80. The van der Waals surface area contributed by atoms with E-state index in [1.807, 2.05) is 61.5 Å². The molecule has 1 N–H and O–H groups in total. The van der Waals surface area contributed by atoms with Crippen LogP contribution in [0.2, 0.25) is 0 Å². The van der Waals surface area contributed by atoms with Crippen LogP contribution in [-0.2, 0) is 19.4 Å². The van der Waals surface area contributed by atoms with Gasteiger partial charge in [0.05, 0.1) is 12.2 Å². The molecule has 3 aromatic carbocycles. The zero-order valence-electron chi connectivity index (χ0n) is 21.9. The molecule has 198 valence electrons. The van der Waals surface area contributed by atoms with Gasteiger partial charge < -0.3 is 0 Å². The monoisotopic (exact) mass is 524 g/mol. The van der Waals surface area contributed by atoms with E-state index in [9.17, 15) is 14.0 Å². The first kappa shape index (κ1) is 26.0. The number of unbranched alkanes of at least 4 members (excludes halogenated alkanes) is 1. The molecule has 0 radical (unpaired) electrons. The summed E-state index contributed by atoms with van der Waals surface area (Å²) in [6.45, 7) is 4.20. The molecule has 5 aromatic rings. The predicted octanol–water partition coefficient (Wildman–Crippen LogP) is 5.68. The van der Waals surface area contributed by atoms with Crippen molar-refractivity contribution in [3.05, 3.63) is 128 Å². The fraction of sp³-hybridized carbons (Fsp3) is 0.226. The SMILES string of the molecule is CCCCc1nc(C)n(Cc2cccc(F)c2)c(=O)c1Cc1ccc(-c2ccccc2-c2noc(=O)[nH]2)cc1. The number of nitrogens with zero attached hydrogens (tertiary/aromatic N) is 3. The topological polar surface area (TPSA) is 93.8 Å². The summed E-state index contributed by atoms with van der Waals surface area (Å²) < 4.78 is 20.1. The van der Waals surface area contributed by atoms with E-state index in [1.54, 1.807) is 10.6 Å². The van der Waals surface area contributed by atoms with Gasteiger partial charge in [0.15, 0.2) is 5.82 Å². The second-order valence-corrected chi connectivity index (χ2v) is 9.57. The number of aromatic amines is 1. The summed E-state index contributed by atoms with van der Waals surface area (Å²) in [6, 6.07) is 21.9. The van der Waals surface area contributed by atoms with Crippen LogP contribution in [0.4, 0.5) is 4.39 Å². The van der Waals surface area contributed by atoms with E-state index in [0.717, 1.165) is 47.2 Å². The molecular formula is C31H29FN4O3. The average Bonchev–Trinajstić information content (AvgIpc) is 3.38. The second-order valence-electron chi connectivity index (χ2n) is 9.57. The summed E-state index contributed by atoms with van der Waals surface area (Å²) in [4.78, 5) is 32.7. The van der Waals surface area contributed by atoms with Gasteiger partial charge in [-0.05, 0) is 54.2 Å². The van der Waals surface area contributed by atoms with Gasteiger partial charge in [0.2, 0.25) is 0 Å². The highest BCUT2D eigenvalue weighted by atomic mass is 19.1. The molecule has 39 heavy (non-hydrogen) atoms. The molecule has 0 aliphatic rings. The number of H-pyrrole nitrogens is 1. The van der Waals surface area contributed by atoms with E-state index in [1.165, 1.54) is 12.1 Å². The standard InChI is InChI=1S/C31H29FN4O3/c1-3-4-12-28-27(30(37)36(20(2)33-28)19-22-8-7-9-24(32)17-22)18-21-13-15-23(16-14-21)25-10-5-6-11-26(25)29-34-31(38)39-35-29/h5-11,13-17H,3-4,12,18-19H2,1-2H3,(H,34,35,38). The van der Waals surface area contributed by atoms with E-state index >= 15 is 0 Å². The molecule has 0 aliphatic carbocycles. The summed E-state index contributed by atoms with van der Waals surface area (Å²) in [7, 11) is 0. The molecule has 5 rings (SSSR count). The van der Waals surface area contributed by atoms with Gasteiger partial charge in [-0.2, -0.15) is 0 Å². The molecule has 8 heteroatoms. The highest BCUT2D eigenvalue weighted by Gasteiger charge is 2.17. The Hall–Kier alpha value is -4.59. The molecule has 2 heterocycles. The molecule has 0 atom stereocenters.